The molecule has 1 saturated heterocycles. The molecule has 150 valence electrons. The van der Waals surface area contributed by atoms with Crippen molar-refractivity contribution in [2.45, 2.75) is 50.4 Å². The van der Waals surface area contributed by atoms with Gasteiger partial charge in [0.25, 0.3) is 0 Å². The van der Waals surface area contributed by atoms with Crippen molar-refractivity contribution in [2.75, 3.05) is 12.3 Å². The highest BCUT2D eigenvalue weighted by Gasteiger charge is 2.73. The van der Waals surface area contributed by atoms with Gasteiger partial charge in [0.15, 0.2) is 0 Å². The van der Waals surface area contributed by atoms with Gasteiger partial charge in [0, 0.05) is 46.0 Å². The predicted octanol–water partition coefficient (Wildman–Crippen LogP) is 2.78. The third-order valence-corrected chi connectivity index (χ3v) is 11.9. The molecule has 1 N–H and O–H groups in total. The Morgan fingerprint density at radius 2 is 2.11 bits per heavy atom. The number of allylic oxidation sites excluding steroid dienone is 5. The van der Waals surface area contributed by atoms with Crippen LogP contribution in [-0.2, 0) is 15.6 Å². The van der Waals surface area contributed by atoms with E-state index < -0.39 is 21.7 Å². The fourth-order valence-corrected chi connectivity index (χ4v) is 10.7. The normalized spacial score (nSPS) is 50.2. The van der Waals surface area contributed by atoms with Gasteiger partial charge in [-0.25, -0.2) is 0 Å². The summed E-state index contributed by atoms with van der Waals surface area (Å²) in [7, 11) is -1.31. The summed E-state index contributed by atoms with van der Waals surface area (Å²) in [5.74, 6) is 1.46. The van der Waals surface area contributed by atoms with E-state index in [9.17, 15) is 14.1 Å². The summed E-state index contributed by atoms with van der Waals surface area (Å²) in [6.07, 6.45) is 13.9. The van der Waals surface area contributed by atoms with Gasteiger partial charge in [-0.15, -0.1) is 0 Å². The number of fused-ring (bicyclic) bond motifs is 9. The fraction of sp³-hybridized carbons (Fsp3) is 0.696. The van der Waals surface area contributed by atoms with Crippen LogP contribution >= 0.6 is 0 Å². The van der Waals surface area contributed by atoms with E-state index in [1.165, 1.54) is 0 Å². The molecule has 2 aliphatic heterocycles. The molecule has 4 fully saturated rings. The topological polar surface area (TPSA) is 57.6 Å². The number of carbonyl (C=O) groups excluding carboxylic acids is 1. The Hall–Kier alpha value is -1.20. The molecule has 0 spiro atoms. The summed E-state index contributed by atoms with van der Waals surface area (Å²) in [5, 5.41) is 11.0. The molecule has 4 nitrogen and oxygen atoms in total. The zero-order chi connectivity index (χ0) is 19.5. The van der Waals surface area contributed by atoms with Crippen molar-refractivity contribution < 1.29 is 14.1 Å². The minimum Gasteiger partial charge on any atom is -0.392 e. The summed E-state index contributed by atoms with van der Waals surface area (Å²) < 4.78 is 13.4. The molecule has 4 aliphatic carbocycles. The summed E-state index contributed by atoms with van der Waals surface area (Å²) in [6.45, 7) is 5.10. The van der Waals surface area contributed by atoms with Crippen LogP contribution in [0, 0.1) is 34.5 Å². The van der Waals surface area contributed by atoms with E-state index in [1.54, 1.807) is 0 Å². The van der Waals surface area contributed by atoms with Gasteiger partial charge in [0.05, 0.1) is 6.10 Å². The van der Waals surface area contributed by atoms with Crippen LogP contribution in [0.2, 0.25) is 0 Å². The van der Waals surface area contributed by atoms with Gasteiger partial charge in [0.2, 0.25) is 5.91 Å². The smallest absolute Gasteiger partial charge is 0.247 e. The molecule has 0 aromatic carbocycles. The molecule has 0 aromatic heterocycles. The minimum absolute atomic E-state index is 0.0167. The number of nitrogens with zero attached hydrogens (tertiary/aromatic N) is 1. The van der Waals surface area contributed by atoms with Crippen LogP contribution in [0.1, 0.15) is 39.5 Å². The van der Waals surface area contributed by atoms with Crippen LogP contribution in [-0.4, -0.2) is 43.3 Å². The first-order valence-electron chi connectivity index (χ1n) is 10.8. The first-order chi connectivity index (χ1) is 13.3. The van der Waals surface area contributed by atoms with Crippen molar-refractivity contribution in [1.29, 1.82) is 0 Å². The Morgan fingerprint density at radius 1 is 1.29 bits per heavy atom. The van der Waals surface area contributed by atoms with Crippen LogP contribution in [0.4, 0.5) is 0 Å². The van der Waals surface area contributed by atoms with Crippen molar-refractivity contribution in [1.82, 2.24) is 4.90 Å². The highest BCUT2D eigenvalue weighted by Crippen LogP contribution is 2.68. The lowest BCUT2D eigenvalue weighted by Crippen LogP contribution is -2.55. The number of hydrogen-bond donors (Lipinski definition) is 1. The molecular weight excluding hydrogens is 370 g/mol. The van der Waals surface area contributed by atoms with E-state index in [2.05, 4.69) is 32.1 Å². The number of amides is 1. The molecule has 1 amide bonds. The molecule has 4 bridgehead atoms. The van der Waals surface area contributed by atoms with Gasteiger partial charge in [-0.3, -0.25) is 9.00 Å². The largest absolute Gasteiger partial charge is 0.392 e. The average molecular weight is 400 g/mol. The zero-order valence-electron chi connectivity index (χ0n) is 16.6. The number of aliphatic hydroxyl groups is 1. The maximum atomic E-state index is 14.2. The van der Waals surface area contributed by atoms with Crippen LogP contribution in [0.25, 0.3) is 0 Å². The van der Waals surface area contributed by atoms with Gasteiger partial charge in [0.1, 0.15) is 4.75 Å². The van der Waals surface area contributed by atoms with Gasteiger partial charge in [-0.05, 0) is 49.0 Å². The summed E-state index contributed by atoms with van der Waals surface area (Å²) in [4.78, 5) is 15.6. The lowest BCUT2D eigenvalue weighted by atomic mass is 9.70. The molecule has 28 heavy (non-hydrogen) atoms. The maximum Gasteiger partial charge on any atom is 0.247 e. The first-order valence-corrected chi connectivity index (χ1v) is 12.1. The van der Waals surface area contributed by atoms with Crippen LogP contribution in [0.15, 0.2) is 36.1 Å². The SMILES string of the molecule is CC1(C)[C@@H]2CC[C@@]1(CS(=O)[C@@]13C(=O)N4CC=CC=C4[C@@H]1[C@@H]1C=C[C@H]3C1)[C@H](O)C2. The van der Waals surface area contributed by atoms with Crippen molar-refractivity contribution in [3.63, 3.8) is 0 Å². The second-order valence-electron chi connectivity index (χ2n) is 10.5. The van der Waals surface area contributed by atoms with Gasteiger partial charge >= 0.3 is 0 Å². The van der Waals surface area contributed by atoms with Crippen molar-refractivity contribution in [2.24, 2.45) is 34.5 Å². The molecule has 2 heterocycles. The predicted molar refractivity (Wildman–Crippen MR) is 108 cm³/mol. The number of carbonyl (C=O) groups is 1. The third kappa shape index (κ3) is 1.70. The van der Waals surface area contributed by atoms with E-state index in [1.807, 2.05) is 17.1 Å². The Kier molecular flexibility index (Phi) is 3.33. The van der Waals surface area contributed by atoms with Gasteiger partial charge < -0.3 is 10.0 Å². The Morgan fingerprint density at radius 3 is 2.82 bits per heavy atom. The number of rotatable bonds is 3. The summed E-state index contributed by atoms with van der Waals surface area (Å²) in [6, 6.07) is 0. The first kappa shape index (κ1) is 17.6. The molecule has 6 rings (SSSR count). The average Bonchev–Trinajstić information content (AvgIpc) is 3.42. The molecule has 1 unspecified atom stereocenters. The fourth-order valence-electron chi connectivity index (χ4n) is 7.92. The van der Waals surface area contributed by atoms with Crippen molar-refractivity contribution in [3.8, 4) is 0 Å². The molecule has 0 radical (unpaired) electrons. The van der Waals surface area contributed by atoms with Crippen molar-refractivity contribution in [3.05, 3.63) is 36.1 Å². The Bertz CT molecular complexity index is 888. The molecule has 5 heteroatoms. The number of aliphatic hydroxyl groups excluding tert-OH is 1. The molecular formula is C23H29NO3S. The standard InChI is InChI=1S/C23H29NO3S/c1-21(2)15-8-9-22(21,18(25)12-15)13-28(27)23-16-7-6-14(11-16)19(23)17-5-3-4-10-24(17)20(23)26/h3-7,14-16,18-19,25H,8-13H2,1-2H3/t14-,15-,16+,18-,19+,22-,23-,28?/m1/s1. The van der Waals surface area contributed by atoms with E-state index in [4.69, 9.17) is 0 Å². The van der Waals surface area contributed by atoms with E-state index in [0.717, 1.165) is 31.4 Å². The highest BCUT2D eigenvalue weighted by atomic mass is 32.2. The lowest BCUT2D eigenvalue weighted by molar-refractivity contribution is -0.129. The molecule has 0 aromatic rings. The van der Waals surface area contributed by atoms with Crippen LogP contribution < -0.4 is 0 Å². The maximum absolute atomic E-state index is 14.2. The van der Waals surface area contributed by atoms with E-state index in [-0.39, 0.29) is 28.6 Å². The highest BCUT2D eigenvalue weighted by molar-refractivity contribution is 7.87. The second-order valence-corrected chi connectivity index (χ2v) is 12.1. The molecule has 6 aliphatic rings. The van der Waals surface area contributed by atoms with E-state index in [0.29, 0.717) is 24.1 Å². The Balaban J connectivity index is 1.44. The monoisotopic (exact) mass is 399 g/mol. The zero-order valence-corrected chi connectivity index (χ0v) is 17.5. The van der Waals surface area contributed by atoms with Gasteiger partial charge in [-0.2, -0.15) is 0 Å². The minimum atomic E-state index is -1.31. The van der Waals surface area contributed by atoms with Crippen LogP contribution in [0.3, 0.4) is 0 Å². The summed E-state index contributed by atoms with van der Waals surface area (Å²) >= 11 is 0. The third-order valence-electron chi connectivity index (χ3n) is 9.61. The molecule has 8 atom stereocenters. The van der Waals surface area contributed by atoms with Crippen LogP contribution in [0.5, 0.6) is 0 Å². The van der Waals surface area contributed by atoms with Crippen molar-refractivity contribution >= 4 is 16.7 Å². The molecule has 3 saturated carbocycles. The number of hydrogen-bond acceptors (Lipinski definition) is 3. The van der Waals surface area contributed by atoms with E-state index >= 15 is 0 Å². The second kappa shape index (κ2) is 5.28. The lowest BCUT2D eigenvalue weighted by Gasteiger charge is -2.43. The quantitative estimate of drug-likeness (QED) is 0.743. The summed E-state index contributed by atoms with van der Waals surface area (Å²) in [5.41, 5.74) is 0.742. The van der Waals surface area contributed by atoms with Gasteiger partial charge in [-0.1, -0.05) is 38.2 Å². The Labute approximate surface area is 169 Å².